The van der Waals surface area contributed by atoms with Gasteiger partial charge in [-0.1, -0.05) is 12.1 Å². The number of nitrogens with zero attached hydrogens (tertiary/aromatic N) is 1. The van der Waals surface area contributed by atoms with Crippen LogP contribution in [0.2, 0.25) is 0 Å². The summed E-state index contributed by atoms with van der Waals surface area (Å²) in [5.41, 5.74) is 0. The molecule has 1 fully saturated rings. The number of amides is 1. The maximum atomic E-state index is 11.8. The second-order valence-corrected chi connectivity index (χ2v) is 5.18. The molecule has 1 heterocycles. The second-order valence-electron chi connectivity index (χ2n) is 4.91. The number of alkyl halides is 1. The lowest BCUT2D eigenvalue weighted by Crippen LogP contribution is -2.45. The molecule has 0 bridgehead atoms. The third kappa shape index (κ3) is 2.78. The molecule has 0 unspecified atom stereocenters. The molecule has 0 aromatic heterocycles. The van der Waals surface area contributed by atoms with E-state index >= 15 is 0 Å². The summed E-state index contributed by atoms with van der Waals surface area (Å²) in [6.45, 7) is 1.01. The highest BCUT2D eigenvalue weighted by atomic mass is 35.5. The number of carbonyl (C=O) groups excluding carboxylic acids is 1. The first-order chi connectivity index (χ1) is 9.28. The van der Waals surface area contributed by atoms with E-state index in [9.17, 15) is 4.79 Å². The molecule has 0 radical (unpaired) electrons. The van der Waals surface area contributed by atoms with Gasteiger partial charge in [0.2, 0.25) is 5.91 Å². The van der Waals surface area contributed by atoms with Crippen molar-refractivity contribution in [1.82, 2.24) is 4.90 Å². The van der Waals surface area contributed by atoms with Crippen molar-refractivity contribution in [2.75, 3.05) is 19.0 Å². The molecule has 5 heteroatoms. The number of benzene rings is 1. The first kappa shape index (κ1) is 12.6. The van der Waals surface area contributed by atoms with Gasteiger partial charge in [-0.2, -0.15) is 0 Å². The Morgan fingerprint density at radius 3 is 2.74 bits per heavy atom. The fourth-order valence-electron chi connectivity index (χ4n) is 2.29. The minimum atomic E-state index is -0.123. The highest BCUT2D eigenvalue weighted by Gasteiger charge is 2.35. The molecule has 0 saturated heterocycles. The lowest BCUT2D eigenvalue weighted by molar-refractivity contribution is -0.130. The van der Waals surface area contributed by atoms with Crippen LogP contribution in [-0.4, -0.2) is 42.0 Å². The molecular weight excluding hydrogens is 266 g/mol. The van der Waals surface area contributed by atoms with Crippen molar-refractivity contribution < 1.29 is 14.3 Å². The lowest BCUT2D eigenvalue weighted by atomic mass is 10.2. The second kappa shape index (κ2) is 5.29. The molecule has 1 aromatic rings. The molecule has 1 aliphatic heterocycles. The van der Waals surface area contributed by atoms with Crippen LogP contribution in [0.5, 0.6) is 11.5 Å². The van der Waals surface area contributed by atoms with Gasteiger partial charge in [0.25, 0.3) is 0 Å². The Morgan fingerprint density at radius 1 is 1.32 bits per heavy atom. The van der Waals surface area contributed by atoms with Gasteiger partial charge in [-0.05, 0) is 25.0 Å². The van der Waals surface area contributed by atoms with Crippen molar-refractivity contribution in [3.05, 3.63) is 24.3 Å². The Kier molecular flexibility index (Phi) is 3.51. The van der Waals surface area contributed by atoms with Crippen LogP contribution >= 0.6 is 11.6 Å². The van der Waals surface area contributed by atoms with E-state index < -0.39 is 0 Å². The van der Waals surface area contributed by atoms with E-state index in [1.54, 1.807) is 0 Å². The van der Waals surface area contributed by atoms with Gasteiger partial charge in [-0.15, -0.1) is 11.6 Å². The van der Waals surface area contributed by atoms with E-state index in [2.05, 4.69) is 0 Å². The minimum absolute atomic E-state index is 0.0216. The fraction of sp³-hybridized carbons (Fsp3) is 0.500. The number of halogens is 1. The predicted molar refractivity (Wildman–Crippen MR) is 71.8 cm³/mol. The number of hydrogen-bond donors (Lipinski definition) is 0. The molecule has 1 aliphatic carbocycles. The average Bonchev–Trinajstić information content (AvgIpc) is 3.28. The van der Waals surface area contributed by atoms with Crippen LogP contribution in [0.1, 0.15) is 12.8 Å². The van der Waals surface area contributed by atoms with Crippen LogP contribution in [0.3, 0.4) is 0 Å². The molecule has 0 N–H and O–H groups in total. The van der Waals surface area contributed by atoms with Gasteiger partial charge in [-0.3, -0.25) is 4.79 Å². The van der Waals surface area contributed by atoms with Gasteiger partial charge in [0, 0.05) is 6.04 Å². The van der Waals surface area contributed by atoms with E-state index in [1.807, 2.05) is 29.2 Å². The maximum absolute atomic E-state index is 11.8. The van der Waals surface area contributed by atoms with Crippen molar-refractivity contribution in [3.63, 3.8) is 0 Å². The van der Waals surface area contributed by atoms with E-state index in [-0.39, 0.29) is 17.9 Å². The Hall–Kier alpha value is -1.42. The summed E-state index contributed by atoms with van der Waals surface area (Å²) in [6.07, 6.45) is 2.00. The third-order valence-electron chi connectivity index (χ3n) is 3.39. The van der Waals surface area contributed by atoms with Crippen LogP contribution in [0.15, 0.2) is 24.3 Å². The first-order valence-corrected chi connectivity index (χ1v) is 7.05. The topological polar surface area (TPSA) is 38.8 Å². The van der Waals surface area contributed by atoms with E-state index in [1.165, 1.54) is 0 Å². The fourth-order valence-corrected chi connectivity index (χ4v) is 2.44. The summed E-state index contributed by atoms with van der Waals surface area (Å²) in [5, 5.41) is 0. The Morgan fingerprint density at radius 2 is 2.05 bits per heavy atom. The monoisotopic (exact) mass is 281 g/mol. The summed E-state index contributed by atoms with van der Waals surface area (Å²) in [7, 11) is 0. The maximum Gasteiger partial charge on any atom is 0.237 e. The largest absolute Gasteiger partial charge is 0.486 e. The summed E-state index contributed by atoms with van der Waals surface area (Å²) in [5.74, 6) is 1.51. The molecule has 1 aromatic carbocycles. The van der Waals surface area contributed by atoms with E-state index in [0.29, 0.717) is 19.2 Å². The molecule has 1 amide bonds. The molecule has 4 nitrogen and oxygen atoms in total. The van der Waals surface area contributed by atoms with Crippen molar-refractivity contribution in [2.45, 2.75) is 25.0 Å². The van der Waals surface area contributed by atoms with E-state index in [0.717, 1.165) is 24.3 Å². The number of ether oxygens (including phenoxy) is 2. The summed E-state index contributed by atoms with van der Waals surface area (Å²) in [4.78, 5) is 13.6. The first-order valence-electron chi connectivity index (χ1n) is 6.52. The Balaban J connectivity index is 1.66. The SMILES string of the molecule is O=C(CCl)N(C[C@H]1COc2ccccc2O1)C1CC1. The number of fused-ring (bicyclic) bond motifs is 1. The summed E-state index contributed by atoms with van der Waals surface area (Å²) < 4.78 is 11.5. The summed E-state index contributed by atoms with van der Waals surface area (Å²) in [6, 6.07) is 7.93. The zero-order chi connectivity index (χ0) is 13.2. The van der Waals surface area contributed by atoms with E-state index in [4.69, 9.17) is 21.1 Å². The van der Waals surface area contributed by atoms with Crippen LogP contribution in [0.4, 0.5) is 0 Å². The van der Waals surface area contributed by atoms with Gasteiger partial charge in [0.05, 0.1) is 6.54 Å². The number of para-hydroxylation sites is 2. The highest BCUT2D eigenvalue weighted by Crippen LogP contribution is 2.32. The van der Waals surface area contributed by atoms with Crippen molar-refractivity contribution >= 4 is 17.5 Å². The molecule has 1 atom stereocenters. The molecular formula is C14H16ClNO3. The van der Waals surface area contributed by atoms with Gasteiger partial charge < -0.3 is 14.4 Å². The van der Waals surface area contributed by atoms with Crippen LogP contribution in [-0.2, 0) is 4.79 Å². The molecule has 0 spiro atoms. The normalized spacial score (nSPS) is 21.0. The van der Waals surface area contributed by atoms with Gasteiger partial charge >= 0.3 is 0 Å². The zero-order valence-corrected chi connectivity index (χ0v) is 11.3. The third-order valence-corrected chi connectivity index (χ3v) is 3.62. The quantitative estimate of drug-likeness (QED) is 0.793. The molecule has 3 rings (SSSR count). The Labute approximate surface area is 117 Å². The standard InChI is InChI=1S/C14H16ClNO3/c15-7-14(17)16(10-5-6-10)8-11-9-18-12-3-1-2-4-13(12)19-11/h1-4,10-11H,5-9H2/t11-/m0/s1. The molecule has 1 saturated carbocycles. The lowest BCUT2D eigenvalue weighted by Gasteiger charge is -2.31. The molecule has 102 valence electrons. The molecule has 19 heavy (non-hydrogen) atoms. The number of hydrogen-bond acceptors (Lipinski definition) is 3. The van der Waals surface area contributed by atoms with Crippen LogP contribution < -0.4 is 9.47 Å². The van der Waals surface area contributed by atoms with Crippen LogP contribution in [0, 0.1) is 0 Å². The van der Waals surface area contributed by atoms with Gasteiger partial charge in [-0.25, -0.2) is 0 Å². The highest BCUT2D eigenvalue weighted by molar-refractivity contribution is 6.27. The van der Waals surface area contributed by atoms with Crippen molar-refractivity contribution in [2.24, 2.45) is 0 Å². The van der Waals surface area contributed by atoms with Crippen LogP contribution in [0.25, 0.3) is 0 Å². The van der Waals surface area contributed by atoms with Gasteiger partial charge in [0.15, 0.2) is 17.6 Å². The average molecular weight is 282 g/mol. The minimum Gasteiger partial charge on any atom is -0.486 e. The summed E-state index contributed by atoms with van der Waals surface area (Å²) >= 11 is 5.65. The van der Waals surface area contributed by atoms with Crippen molar-refractivity contribution in [1.29, 1.82) is 0 Å². The van der Waals surface area contributed by atoms with Gasteiger partial charge in [0.1, 0.15) is 12.5 Å². The smallest absolute Gasteiger partial charge is 0.237 e. The zero-order valence-electron chi connectivity index (χ0n) is 10.5. The van der Waals surface area contributed by atoms with Crippen molar-refractivity contribution in [3.8, 4) is 11.5 Å². The number of rotatable bonds is 4. The number of carbonyl (C=O) groups is 1. The predicted octanol–water partition coefficient (Wildman–Crippen LogP) is 2.06. The molecule has 2 aliphatic rings. The Bertz CT molecular complexity index is 476.